The van der Waals surface area contributed by atoms with Gasteiger partial charge in [-0.25, -0.2) is 8.42 Å². The molecule has 0 aliphatic carbocycles. The molecule has 0 unspecified atom stereocenters. The summed E-state index contributed by atoms with van der Waals surface area (Å²) in [7, 11) is -3.35. The van der Waals surface area contributed by atoms with Gasteiger partial charge in [0.1, 0.15) is 4.21 Å². The van der Waals surface area contributed by atoms with Gasteiger partial charge in [-0.2, -0.15) is 4.31 Å². The summed E-state index contributed by atoms with van der Waals surface area (Å²) in [5.41, 5.74) is 0. The molecule has 1 aliphatic rings. The van der Waals surface area contributed by atoms with Crippen molar-refractivity contribution in [3.05, 3.63) is 15.9 Å². The van der Waals surface area contributed by atoms with Gasteiger partial charge in [-0.05, 0) is 28.1 Å². The number of halogens is 1. The predicted molar refractivity (Wildman–Crippen MR) is 74.3 cm³/mol. The van der Waals surface area contributed by atoms with Crippen LogP contribution in [-0.2, 0) is 10.0 Å². The summed E-state index contributed by atoms with van der Waals surface area (Å²) in [6.45, 7) is 3.04. The van der Waals surface area contributed by atoms with E-state index >= 15 is 0 Å². The molecule has 0 saturated carbocycles. The minimum atomic E-state index is -3.35. The summed E-state index contributed by atoms with van der Waals surface area (Å²) in [4.78, 5) is 2.07. The zero-order valence-electron chi connectivity index (χ0n) is 9.75. The molecule has 1 N–H and O–H groups in total. The average molecular weight is 355 g/mol. The number of hydrogen-bond donors (Lipinski definition) is 1. The lowest BCUT2D eigenvalue weighted by Crippen LogP contribution is -2.49. The predicted octanol–water partition coefficient (Wildman–Crippen LogP) is 0.809. The van der Waals surface area contributed by atoms with Gasteiger partial charge in [0.25, 0.3) is 10.0 Å². The first-order valence-electron chi connectivity index (χ1n) is 5.63. The number of β-amino-alcohol motifs (C(OH)–C–C–N with tert-alkyl or cyclic N) is 1. The highest BCUT2D eigenvalue weighted by Crippen LogP contribution is 2.28. The molecule has 0 radical (unpaired) electrons. The summed E-state index contributed by atoms with van der Waals surface area (Å²) in [6.07, 6.45) is 0. The van der Waals surface area contributed by atoms with E-state index < -0.39 is 10.0 Å². The van der Waals surface area contributed by atoms with Crippen LogP contribution in [0.25, 0.3) is 0 Å². The lowest BCUT2D eigenvalue weighted by Gasteiger charge is -2.33. The van der Waals surface area contributed by atoms with Gasteiger partial charge in [0.2, 0.25) is 0 Å². The summed E-state index contributed by atoms with van der Waals surface area (Å²) >= 11 is 4.51. The van der Waals surface area contributed by atoms with Crippen molar-refractivity contribution in [1.82, 2.24) is 9.21 Å². The molecule has 18 heavy (non-hydrogen) atoms. The van der Waals surface area contributed by atoms with E-state index in [4.69, 9.17) is 5.11 Å². The first-order chi connectivity index (χ1) is 8.54. The smallest absolute Gasteiger partial charge is 0.252 e. The molecule has 0 spiro atoms. The second-order valence-electron chi connectivity index (χ2n) is 4.03. The van der Waals surface area contributed by atoms with E-state index in [1.165, 1.54) is 15.6 Å². The van der Waals surface area contributed by atoms with Crippen LogP contribution < -0.4 is 0 Å². The third kappa shape index (κ3) is 3.12. The summed E-state index contributed by atoms with van der Waals surface area (Å²) in [5.74, 6) is 0. The van der Waals surface area contributed by atoms with Crippen LogP contribution in [-0.4, -0.2) is 62.1 Å². The maximum absolute atomic E-state index is 12.3. The molecule has 8 heteroatoms. The number of piperazine rings is 1. The van der Waals surface area contributed by atoms with Gasteiger partial charge >= 0.3 is 0 Å². The summed E-state index contributed by atoms with van der Waals surface area (Å²) in [6, 6.07) is 3.38. The van der Waals surface area contributed by atoms with E-state index in [1.807, 2.05) is 0 Å². The molecule has 1 aromatic rings. The van der Waals surface area contributed by atoms with Crippen molar-refractivity contribution >= 4 is 37.3 Å². The van der Waals surface area contributed by atoms with E-state index in [2.05, 4.69) is 20.8 Å². The Labute approximate surface area is 119 Å². The lowest BCUT2D eigenvalue weighted by atomic mass is 10.4. The number of hydrogen-bond acceptors (Lipinski definition) is 5. The first kappa shape index (κ1) is 14.4. The van der Waals surface area contributed by atoms with Crippen LogP contribution in [0.4, 0.5) is 0 Å². The van der Waals surface area contributed by atoms with E-state index in [0.717, 1.165) is 3.79 Å². The summed E-state index contributed by atoms with van der Waals surface area (Å²) in [5, 5.41) is 8.85. The average Bonchev–Trinajstić information content (AvgIpc) is 2.78. The Bertz CT molecular complexity index is 495. The van der Waals surface area contributed by atoms with Crippen molar-refractivity contribution in [2.24, 2.45) is 0 Å². The zero-order valence-corrected chi connectivity index (χ0v) is 13.0. The Kier molecular flexibility index (Phi) is 4.79. The molecule has 102 valence electrons. The van der Waals surface area contributed by atoms with Crippen molar-refractivity contribution in [2.45, 2.75) is 4.21 Å². The molecule has 1 fully saturated rings. The molecule has 0 bridgehead atoms. The first-order valence-corrected chi connectivity index (χ1v) is 8.67. The van der Waals surface area contributed by atoms with Crippen molar-refractivity contribution in [1.29, 1.82) is 0 Å². The monoisotopic (exact) mass is 354 g/mol. The van der Waals surface area contributed by atoms with Crippen molar-refractivity contribution in [3.8, 4) is 0 Å². The molecule has 0 amide bonds. The minimum Gasteiger partial charge on any atom is -0.395 e. The van der Waals surface area contributed by atoms with Gasteiger partial charge < -0.3 is 5.11 Å². The van der Waals surface area contributed by atoms with Crippen LogP contribution >= 0.6 is 27.3 Å². The SMILES string of the molecule is O=S(=O)(c1ccc(Br)s1)N1CCN(CCO)CC1. The molecule has 5 nitrogen and oxygen atoms in total. The Hall–Kier alpha value is 0.01000. The minimum absolute atomic E-state index is 0.116. The van der Waals surface area contributed by atoms with Gasteiger partial charge in [-0.1, -0.05) is 0 Å². The number of nitrogens with zero attached hydrogens (tertiary/aromatic N) is 2. The standard InChI is InChI=1S/C10H15BrN2O3S2/c11-9-1-2-10(17-9)18(15,16)13-5-3-12(4-6-13)7-8-14/h1-2,14H,3-8H2. The third-order valence-corrected chi connectivity index (χ3v) is 6.88. The normalized spacial score (nSPS) is 19.2. The highest BCUT2D eigenvalue weighted by Gasteiger charge is 2.29. The van der Waals surface area contributed by atoms with E-state index in [-0.39, 0.29) is 6.61 Å². The fourth-order valence-corrected chi connectivity index (χ4v) is 5.48. The van der Waals surface area contributed by atoms with Crippen LogP contribution in [0, 0.1) is 0 Å². The molecular formula is C10H15BrN2O3S2. The van der Waals surface area contributed by atoms with Gasteiger partial charge in [0, 0.05) is 32.7 Å². The molecule has 2 heterocycles. The molecule has 0 aromatic carbocycles. The highest BCUT2D eigenvalue weighted by atomic mass is 79.9. The van der Waals surface area contributed by atoms with Crippen LogP contribution in [0.5, 0.6) is 0 Å². The lowest BCUT2D eigenvalue weighted by molar-refractivity contribution is 0.151. The van der Waals surface area contributed by atoms with E-state index in [0.29, 0.717) is 36.9 Å². The molecule has 1 aliphatic heterocycles. The van der Waals surface area contributed by atoms with Gasteiger partial charge in [0.05, 0.1) is 10.4 Å². The largest absolute Gasteiger partial charge is 0.395 e. The Balaban J connectivity index is 2.05. The zero-order chi connectivity index (χ0) is 13.2. The van der Waals surface area contributed by atoms with Crippen LogP contribution in [0.1, 0.15) is 0 Å². The number of rotatable bonds is 4. The molecule has 1 aromatic heterocycles. The fourth-order valence-electron chi connectivity index (χ4n) is 1.90. The maximum Gasteiger partial charge on any atom is 0.252 e. The number of aliphatic hydroxyl groups excluding tert-OH is 1. The Morgan fingerprint density at radius 2 is 1.94 bits per heavy atom. The topological polar surface area (TPSA) is 60.9 Å². The number of aliphatic hydroxyl groups is 1. The Morgan fingerprint density at radius 3 is 2.44 bits per heavy atom. The van der Waals surface area contributed by atoms with Gasteiger partial charge in [-0.15, -0.1) is 11.3 Å². The summed E-state index contributed by atoms with van der Waals surface area (Å²) < 4.78 is 27.3. The van der Waals surface area contributed by atoms with Gasteiger partial charge in [0.15, 0.2) is 0 Å². The molecule has 2 rings (SSSR count). The van der Waals surface area contributed by atoms with Gasteiger partial charge in [-0.3, -0.25) is 4.90 Å². The highest BCUT2D eigenvalue weighted by molar-refractivity contribution is 9.11. The van der Waals surface area contributed by atoms with Crippen LogP contribution in [0.2, 0.25) is 0 Å². The fraction of sp³-hybridized carbons (Fsp3) is 0.600. The quantitative estimate of drug-likeness (QED) is 0.868. The number of thiophene rings is 1. The molecular weight excluding hydrogens is 340 g/mol. The Morgan fingerprint density at radius 1 is 1.28 bits per heavy atom. The van der Waals surface area contributed by atoms with E-state index in [9.17, 15) is 8.42 Å². The van der Waals surface area contributed by atoms with E-state index in [1.54, 1.807) is 12.1 Å². The second-order valence-corrected chi connectivity index (χ2v) is 8.66. The molecule has 1 saturated heterocycles. The molecule has 0 atom stereocenters. The number of sulfonamides is 1. The van der Waals surface area contributed by atoms with Crippen molar-refractivity contribution < 1.29 is 13.5 Å². The van der Waals surface area contributed by atoms with Crippen LogP contribution in [0.3, 0.4) is 0 Å². The maximum atomic E-state index is 12.3. The van der Waals surface area contributed by atoms with Crippen molar-refractivity contribution in [3.63, 3.8) is 0 Å². The van der Waals surface area contributed by atoms with Crippen molar-refractivity contribution in [2.75, 3.05) is 39.3 Å². The second kappa shape index (κ2) is 5.98. The van der Waals surface area contributed by atoms with Crippen LogP contribution in [0.15, 0.2) is 20.1 Å². The third-order valence-electron chi connectivity index (χ3n) is 2.89.